The van der Waals surface area contributed by atoms with Crippen LogP contribution >= 0.6 is 0 Å². The van der Waals surface area contributed by atoms with E-state index in [2.05, 4.69) is 6.58 Å². The maximum Gasteiger partial charge on any atom is 0.0903 e. The standard InChI is InChI=1S/C11H12O/c1-2-11(12)9-8-10-6-4-3-5-7-10/h2-9,11-12H,1H2/b9-8+. The first-order valence-corrected chi connectivity index (χ1v) is 3.87. The van der Waals surface area contributed by atoms with E-state index in [4.69, 9.17) is 5.11 Å². The summed E-state index contributed by atoms with van der Waals surface area (Å²) in [6, 6.07) is 9.83. The van der Waals surface area contributed by atoms with Crippen molar-refractivity contribution in [3.63, 3.8) is 0 Å². The molecule has 0 saturated heterocycles. The number of benzene rings is 1. The van der Waals surface area contributed by atoms with E-state index in [-0.39, 0.29) is 0 Å². The molecular formula is C11H12O. The molecule has 0 aliphatic heterocycles. The van der Waals surface area contributed by atoms with E-state index in [0.29, 0.717) is 0 Å². The van der Waals surface area contributed by atoms with Crippen molar-refractivity contribution < 1.29 is 5.11 Å². The van der Waals surface area contributed by atoms with Gasteiger partial charge in [-0.2, -0.15) is 0 Å². The van der Waals surface area contributed by atoms with Crippen LogP contribution in [0.5, 0.6) is 0 Å². The van der Waals surface area contributed by atoms with Crippen molar-refractivity contribution in [2.45, 2.75) is 6.10 Å². The van der Waals surface area contributed by atoms with Crippen molar-refractivity contribution in [1.82, 2.24) is 0 Å². The zero-order valence-corrected chi connectivity index (χ0v) is 6.85. The number of rotatable bonds is 3. The fraction of sp³-hybridized carbons (Fsp3) is 0.0909. The first kappa shape index (κ1) is 8.75. The number of aliphatic hydroxyl groups is 1. The van der Waals surface area contributed by atoms with Crippen LogP contribution in [0, 0.1) is 0 Å². The van der Waals surface area contributed by atoms with Gasteiger partial charge in [-0.3, -0.25) is 0 Å². The number of hydrogen-bond acceptors (Lipinski definition) is 1. The van der Waals surface area contributed by atoms with Crippen molar-refractivity contribution in [1.29, 1.82) is 0 Å². The fourth-order valence-electron chi connectivity index (χ4n) is 0.852. The molecule has 12 heavy (non-hydrogen) atoms. The molecule has 1 nitrogen and oxygen atoms in total. The molecule has 1 unspecified atom stereocenters. The molecule has 0 heterocycles. The molecule has 0 amide bonds. The second-order valence-corrected chi connectivity index (χ2v) is 2.50. The van der Waals surface area contributed by atoms with Crippen molar-refractivity contribution in [2.24, 2.45) is 0 Å². The first-order valence-electron chi connectivity index (χ1n) is 3.87. The molecule has 1 rings (SSSR count). The highest BCUT2D eigenvalue weighted by Gasteiger charge is 1.88. The molecule has 0 radical (unpaired) electrons. The third-order valence-corrected chi connectivity index (χ3v) is 1.53. The summed E-state index contributed by atoms with van der Waals surface area (Å²) in [6.45, 7) is 3.47. The Morgan fingerprint density at radius 2 is 1.92 bits per heavy atom. The summed E-state index contributed by atoms with van der Waals surface area (Å²) >= 11 is 0. The Labute approximate surface area is 72.7 Å². The van der Waals surface area contributed by atoms with Crippen molar-refractivity contribution in [2.75, 3.05) is 0 Å². The molecule has 0 aliphatic carbocycles. The zero-order chi connectivity index (χ0) is 8.81. The smallest absolute Gasteiger partial charge is 0.0903 e. The zero-order valence-electron chi connectivity index (χ0n) is 6.85. The lowest BCUT2D eigenvalue weighted by molar-refractivity contribution is 0.273. The molecule has 0 saturated carbocycles. The summed E-state index contributed by atoms with van der Waals surface area (Å²) in [5.74, 6) is 0. The normalized spacial score (nSPS) is 13.1. The van der Waals surface area contributed by atoms with Crippen molar-refractivity contribution in [3.8, 4) is 0 Å². The van der Waals surface area contributed by atoms with Gasteiger partial charge in [-0.15, -0.1) is 6.58 Å². The Bertz CT molecular complexity index is 262. The van der Waals surface area contributed by atoms with Crippen LogP contribution in [0.25, 0.3) is 6.08 Å². The quantitative estimate of drug-likeness (QED) is 0.672. The highest BCUT2D eigenvalue weighted by Crippen LogP contribution is 2.01. The van der Waals surface area contributed by atoms with Crippen LogP contribution < -0.4 is 0 Å². The third kappa shape index (κ3) is 2.72. The van der Waals surface area contributed by atoms with Crippen LogP contribution in [-0.4, -0.2) is 11.2 Å². The average molecular weight is 160 g/mol. The maximum absolute atomic E-state index is 9.11. The molecule has 0 fully saturated rings. The van der Waals surface area contributed by atoms with Gasteiger partial charge in [0.1, 0.15) is 0 Å². The molecule has 1 aromatic rings. The molecule has 1 atom stereocenters. The van der Waals surface area contributed by atoms with E-state index in [0.717, 1.165) is 5.56 Å². The minimum atomic E-state index is -0.551. The van der Waals surface area contributed by atoms with Crippen molar-refractivity contribution in [3.05, 3.63) is 54.6 Å². The Hall–Kier alpha value is -1.34. The number of aliphatic hydroxyl groups excluding tert-OH is 1. The number of hydrogen-bond donors (Lipinski definition) is 1. The van der Waals surface area contributed by atoms with Crippen LogP contribution in [0.4, 0.5) is 0 Å². The van der Waals surface area contributed by atoms with E-state index in [9.17, 15) is 0 Å². The predicted octanol–water partition coefficient (Wildman–Crippen LogP) is 2.25. The third-order valence-electron chi connectivity index (χ3n) is 1.53. The largest absolute Gasteiger partial charge is 0.385 e. The van der Waals surface area contributed by atoms with Gasteiger partial charge in [-0.25, -0.2) is 0 Å². The summed E-state index contributed by atoms with van der Waals surface area (Å²) in [5.41, 5.74) is 1.08. The molecule has 0 aromatic heterocycles. The Morgan fingerprint density at radius 1 is 1.25 bits per heavy atom. The summed E-state index contributed by atoms with van der Waals surface area (Å²) < 4.78 is 0. The lowest BCUT2D eigenvalue weighted by Gasteiger charge is -1.95. The van der Waals surface area contributed by atoms with Gasteiger partial charge in [0.05, 0.1) is 6.10 Å². The first-order chi connectivity index (χ1) is 5.83. The monoisotopic (exact) mass is 160 g/mol. The van der Waals surface area contributed by atoms with Gasteiger partial charge in [0.25, 0.3) is 0 Å². The van der Waals surface area contributed by atoms with E-state index in [1.54, 1.807) is 6.08 Å². The molecule has 1 N–H and O–H groups in total. The SMILES string of the molecule is C=CC(O)/C=C/c1ccccc1. The van der Waals surface area contributed by atoms with Crippen LogP contribution in [0.15, 0.2) is 49.1 Å². The van der Waals surface area contributed by atoms with Crippen molar-refractivity contribution >= 4 is 6.08 Å². The van der Waals surface area contributed by atoms with Gasteiger partial charge in [0, 0.05) is 0 Å². The van der Waals surface area contributed by atoms with Gasteiger partial charge in [-0.05, 0) is 5.56 Å². The fourth-order valence-corrected chi connectivity index (χ4v) is 0.852. The van der Waals surface area contributed by atoms with E-state index in [1.807, 2.05) is 36.4 Å². The topological polar surface area (TPSA) is 20.2 Å². The van der Waals surface area contributed by atoms with Crippen LogP contribution in [0.2, 0.25) is 0 Å². The van der Waals surface area contributed by atoms with Crippen LogP contribution in [-0.2, 0) is 0 Å². The summed E-state index contributed by atoms with van der Waals surface area (Å²) in [6.07, 6.45) is 4.50. The van der Waals surface area contributed by atoms with Gasteiger partial charge >= 0.3 is 0 Å². The lowest BCUT2D eigenvalue weighted by atomic mass is 10.2. The second kappa shape index (κ2) is 4.52. The molecule has 0 bridgehead atoms. The van der Waals surface area contributed by atoms with Gasteiger partial charge in [0.2, 0.25) is 0 Å². The average Bonchev–Trinajstić information content (AvgIpc) is 2.16. The predicted molar refractivity (Wildman–Crippen MR) is 51.7 cm³/mol. The molecular weight excluding hydrogens is 148 g/mol. The summed E-state index contributed by atoms with van der Waals surface area (Å²) in [4.78, 5) is 0. The molecule has 0 aliphatic rings. The highest BCUT2D eigenvalue weighted by atomic mass is 16.3. The van der Waals surface area contributed by atoms with E-state index >= 15 is 0 Å². The molecule has 62 valence electrons. The van der Waals surface area contributed by atoms with Crippen LogP contribution in [0.3, 0.4) is 0 Å². The Balaban J connectivity index is 2.63. The summed E-state index contributed by atoms with van der Waals surface area (Å²) in [5, 5.41) is 9.11. The Morgan fingerprint density at radius 3 is 2.50 bits per heavy atom. The lowest BCUT2D eigenvalue weighted by Crippen LogP contribution is -1.93. The molecule has 1 aromatic carbocycles. The maximum atomic E-state index is 9.11. The second-order valence-electron chi connectivity index (χ2n) is 2.50. The Kier molecular flexibility index (Phi) is 3.30. The summed E-state index contributed by atoms with van der Waals surface area (Å²) in [7, 11) is 0. The minimum Gasteiger partial charge on any atom is -0.385 e. The minimum absolute atomic E-state index is 0.551. The van der Waals surface area contributed by atoms with Gasteiger partial charge in [-0.1, -0.05) is 48.6 Å². The van der Waals surface area contributed by atoms with Crippen LogP contribution in [0.1, 0.15) is 5.56 Å². The highest BCUT2D eigenvalue weighted by molar-refractivity contribution is 5.49. The van der Waals surface area contributed by atoms with E-state index in [1.165, 1.54) is 6.08 Å². The van der Waals surface area contributed by atoms with E-state index < -0.39 is 6.10 Å². The molecule has 0 spiro atoms. The van der Waals surface area contributed by atoms with Gasteiger partial charge < -0.3 is 5.11 Å². The molecule has 1 heteroatoms. The van der Waals surface area contributed by atoms with Gasteiger partial charge in [0.15, 0.2) is 0 Å².